The van der Waals surface area contributed by atoms with Crippen molar-refractivity contribution in [2.75, 3.05) is 0 Å². The fraction of sp³-hybridized carbons (Fsp3) is 0.750. The highest BCUT2D eigenvalue weighted by atomic mass is 16.5. The summed E-state index contributed by atoms with van der Waals surface area (Å²) in [7, 11) is 1.85. The number of nitrogens with zero attached hydrogens (tertiary/aromatic N) is 2. The van der Waals surface area contributed by atoms with Gasteiger partial charge in [-0.25, -0.2) is 0 Å². The van der Waals surface area contributed by atoms with Crippen molar-refractivity contribution in [3.05, 3.63) is 18.0 Å². The maximum atomic E-state index is 10.8. The highest BCUT2D eigenvalue weighted by Crippen LogP contribution is 2.50. The van der Waals surface area contributed by atoms with Crippen LogP contribution in [0.15, 0.2) is 12.3 Å². The first-order valence-electron chi connectivity index (χ1n) is 5.59. The minimum absolute atomic E-state index is 0.324. The van der Waals surface area contributed by atoms with Crippen molar-refractivity contribution in [1.82, 2.24) is 9.78 Å². The lowest BCUT2D eigenvalue weighted by molar-refractivity contribution is -0.131. The molecule has 1 fully saturated rings. The molecule has 16 heavy (non-hydrogen) atoms. The molecule has 0 aromatic carbocycles. The molecule has 2 heterocycles. The molecule has 1 saturated heterocycles. The van der Waals surface area contributed by atoms with Gasteiger partial charge in [0.05, 0.1) is 16.9 Å². The molecule has 1 aromatic heterocycles. The lowest BCUT2D eigenvalue weighted by Crippen LogP contribution is -2.44. The van der Waals surface area contributed by atoms with Gasteiger partial charge >= 0.3 is 0 Å². The molecule has 1 aromatic rings. The molecule has 1 unspecified atom stereocenters. The van der Waals surface area contributed by atoms with Gasteiger partial charge in [-0.05, 0) is 33.8 Å². The van der Waals surface area contributed by atoms with Crippen LogP contribution in [0.25, 0.3) is 0 Å². The molecule has 1 aliphatic heterocycles. The van der Waals surface area contributed by atoms with Gasteiger partial charge in [-0.1, -0.05) is 0 Å². The van der Waals surface area contributed by atoms with Gasteiger partial charge in [0.15, 0.2) is 0 Å². The molecule has 0 aliphatic carbocycles. The maximum Gasteiger partial charge on any atom is 0.139 e. The lowest BCUT2D eigenvalue weighted by Gasteiger charge is -2.33. The van der Waals surface area contributed by atoms with E-state index in [1.807, 2.05) is 47.0 Å². The van der Waals surface area contributed by atoms with E-state index in [0.29, 0.717) is 12.1 Å². The first kappa shape index (κ1) is 11.6. The third kappa shape index (κ3) is 1.57. The molecule has 0 amide bonds. The smallest absolute Gasteiger partial charge is 0.139 e. The summed E-state index contributed by atoms with van der Waals surface area (Å²) in [6, 6.07) is 1.85. The summed E-state index contributed by atoms with van der Waals surface area (Å²) >= 11 is 0. The third-order valence-corrected chi connectivity index (χ3v) is 3.35. The molecule has 0 saturated carbocycles. The van der Waals surface area contributed by atoms with Gasteiger partial charge < -0.3 is 9.84 Å². The highest BCUT2D eigenvalue weighted by Gasteiger charge is 2.58. The van der Waals surface area contributed by atoms with E-state index in [1.54, 1.807) is 4.68 Å². The standard InChI is InChI=1S/C12H20N2O2/c1-10(2)8-12(15,11(3,4)16-10)9-6-7-14(5)13-9/h6-7,15H,8H2,1-5H3. The molecule has 4 heteroatoms. The molecule has 0 radical (unpaired) electrons. The SMILES string of the molecule is Cn1ccc(C2(O)CC(C)(C)OC2(C)C)n1. The number of rotatable bonds is 1. The Morgan fingerprint density at radius 2 is 2.00 bits per heavy atom. The zero-order valence-corrected chi connectivity index (χ0v) is 10.6. The van der Waals surface area contributed by atoms with Crippen molar-refractivity contribution < 1.29 is 9.84 Å². The van der Waals surface area contributed by atoms with Crippen LogP contribution in [0.3, 0.4) is 0 Å². The molecule has 1 N–H and O–H groups in total. The Kier molecular flexibility index (Phi) is 2.23. The number of ether oxygens (including phenoxy) is 1. The first-order chi connectivity index (χ1) is 7.16. The zero-order valence-electron chi connectivity index (χ0n) is 10.6. The van der Waals surface area contributed by atoms with Gasteiger partial charge in [-0.3, -0.25) is 4.68 Å². The Balaban J connectivity index is 2.45. The summed E-state index contributed by atoms with van der Waals surface area (Å²) in [5, 5.41) is 15.2. The third-order valence-electron chi connectivity index (χ3n) is 3.35. The van der Waals surface area contributed by atoms with Crippen molar-refractivity contribution in [2.45, 2.75) is 50.9 Å². The van der Waals surface area contributed by atoms with E-state index in [9.17, 15) is 5.11 Å². The van der Waals surface area contributed by atoms with E-state index in [4.69, 9.17) is 4.74 Å². The molecule has 0 spiro atoms. The highest BCUT2D eigenvalue weighted by molar-refractivity contribution is 5.21. The lowest BCUT2D eigenvalue weighted by atomic mass is 9.80. The number of hydrogen-bond donors (Lipinski definition) is 1. The fourth-order valence-corrected chi connectivity index (χ4v) is 2.67. The van der Waals surface area contributed by atoms with Crippen molar-refractivity contribution in [3.63, 3.8) is 0 Å². The van der Waals surface area contributed by atoms with E-state index in [-0.39, 0.29) is 5.60 Å². The van der Waals surface area contributed by atoms with E-state index in [2.05, 4.69) is 5.10 Å². The Morgan fingerprint density at radius 3 is 2.38 bits per heavy atom. The van der Waals surface area contributed by atoms with Crippen molar-refractivity contribution in [3.8, 4) is 0 Å². The van der Waals surface area contributed by atoms with Crippen LogP contribution in [-0.4, -0.2) is 26.1 Å². The quantitative estimate of drug-likeness (QED) is 0.788. The Bertz CT molecular complexity index is 409. The molecule has 2 rings (SSSR count). The molecule has 1 aliphatic rings. The summed E-state index contributed by atoms with van der Waals surface area (Å²) in [4.78, 5) is 0. The minimum Gasteiger partial charge on any atom is -0.380 e. The predicted octanol–water partition coefficient (Wildman–Crippen LogP) is 1.59. The Morgan fingerprint density at radius 1 is 1.38 bits per heavy atom. The van der Waals surface area contributed by atoms with E-state index >= 15 is 0 Å². The monoisotopic (exact) mass is 224 g/mol. The van der Waals surface area contributed by atoms with Crippen LogP contribution in [0.1, 0.15) is 39.8 Å². The summed E-state index contributed by atoms with van der Waals surface area (Å²) < 4.78 is 7.62. The molecular formula is C12H20N2O2. The second-order valence-electron chi connectivity index (χ2n) is 5.78. The summed E-state index contributed by atoms with van der Waals surface area (Å²) in [6.07, 6.45) is 2.40. The van der Waals surface area contributed by atoms with Gasteiger partial charge in [-0.15, -0.1) is 0 Å². The topological polar surface area (TPSA) is 47.3 Å². The second kappa shape index (κ2) is 3.08. The predicted molar refractivity (Wildman–Crippen MR) is 61.0 cm³/mol. The average molecular weight is 224 g/mol. The van der Waals surface area contributed by atoms with Gasteiger partial charge in [0, 0.05) is 19.7 Å². The number of hydrogen-bond acceptors (Lipinski definition) is 3. The maximum absolute atomic E-state index is 10.8. The molecule has 4 nitrogen and oxygen atoms in total. The largest absolute Gasteiger partial charge is 0.380 e. The molecule has 90 valence electrons. The zero-order chi connectivity index (χ0) is 12.2. The van der Waals surface area contributed by atoms with E-state index in [0.717, 1.165) is 0 Å². The summed E-state index contributed by atoms with van der Waals surface area (Å²) in [5.41, 5.74) is -1.27. The van der Waals surface area contributed by atoms with Gasteiger partial charge in [-0.2, -0.15) is 5.10 Å². The van der Waals surface area contributed by atoms with E-state index < -0.39 is 11.2 Å². The van der Waals surface area contributed by atoms with Crippen molar-refractivity contribution >= 4 is 0 Å². The summed E-state index contributed by atoms with van der Waals surface area (Å²) in [6.45, 7) is 7.82. The molecular weight excluding hydrogens is 204 g/mol. The van der Waals surface area contributed by atoms with Crippen LogP contribution in [0.4, 0.5) is 0 Å². The van der Waals surface area contributed by atoms with Crippen LogP contribution in [-0.2, 0) is 17.4 Å². The Labute approximate surface area is 96.2 Å². The van der Waals surface area contributed by atoms with Crippen LogP contribution < -0.4 is 0 Å². The molecule has 0 bridgehead atoms. The summed E-state index contributed by atoms with van der Waals surface area (Å²) in [5.74, 6) is 0. The van der Waals surface area contributed by atoms with E-state index in [1.165, 1.54) is 0 Å². The normalized spacial score (nSPS) is 31.9. The number of aliphatic hydroxyl groups is 1. The van der Waals surface area contributed by atoms with Crippen molar-refractivity contribution in [1.29, 1.82) is 0 Å². The van der Waals surface area contributed by atoms with Crippen LogP contribution in [0.5, 0.6) is 0 Å². The van der Waals surface area contributed by atoms with Crippen LogP contribution in [0, 0.1) is 0 Å². The van der Waals surface area contributed by atoms with Crippen molar-refractivity contribution in [2.24, 2.45) is 7.05 Å². The van der Waals surface area contributed by atoms with Gasteiger partial charge in [0.25, 0.3) is 0 Å². The van der Waals surface area contributed by atoms with Gasteiger partial charge in [0.2, 0.25) is 0 Å². The van der Waals surface area contributed by atoms with Crippen LogP contribution >= 0.6 is 0 Å². The second-order valence-corrected chi connectivity index (χ2v) is 5.78. The fourth-order valence-electron chi connectivity index (χ4n) is 2.67. The first-order valence-corrected chi connectivity index (χ1v) is 5.59. The number of aromatic nitrogens is 2. The molecule has 1 atom stereocenters. The van der Waals surface area contributed by atoms with Crippen LogP contribution in [0.2, 0.25) is 0 Å². The Hall–Kier alpha value is -0.870. The van der Waals surface area contributed by atoms with Gasteiger partial charge in [0.1, 0.15) is 5.60 Å². The average Bonchev–Trinajstić information content (AvgIpc) is 2.53. The number of aryl methyl sites for hydroxylation is 1. The minimum atomic E-state index is -1.02.